The topological polar surface area (TPSA) is 241 Å². The van der Waals surface area contributed by atoms with Crippen molar-refractivity contribution in [3.63, 3.8) is 0 Å². The number of piperazine rings is 4. The molecule has 6 aromatic carbocycles. The van der Waals surface area contributed by atoms with Crippen molar-refractivity contribution in [3.05, 3.63) is 155 Å². The predicted octanol–water partition coefficient (Wildman–Crippen LogP) is 18.8. The maximum absolute atomic E-state index is 13.2. The Labute approximate surface area is 844 Å². The number of imide groups is 1. The lowest BCUT2D eigenvalue weighted by molar-refractivity contribution is -0.118. The Morgan fingerprint density at radius 1 is 0.458 bits per heavy atom. The van der Waals surface area contributed by atoms with Crippen molar-refractivity contribution >= 4 is 184 Å². The molecule has 31 heteroatoms. The third kappa shape index (κ3) is 46.0. The van der Waals surface area contributed by atoms with Crippen LogP contribution in [0.3, 0.4) is 0 Å². The number of aliphatic imine (C=N–C) groups is 1. The number of amides is 2. The second-order valence-electron chi connectivity index (χ2n) is 38.9. The van der Waals surface area contributed by atoms with Gasteiger partial charge in [-0.3, -0.25) is 39.1 Å². The first-order chi connectivity index (χ1) is 62.4. The summed E-state index contributed by atoms with van der Waals surface area (Å²) in [6.45, 7) is 65.2. The molecule has 6 heterocycles. The van der Waals surface area contributed by atoms with Crippen molar-refractivity contribution in [3.8, 4) is 11.5 Å². The van der Waals surface area contributed by atoms with Crippen LogP contribution in [0.15, 0.2) is 126 Å². The molecule has 3 unspecified atom stereocenters. The van der Waals surface area contributed by atoms with Crippen molar-refractivity contribution in [2.75, 3.05) is 196 Å². The highest BCUT2D eigenvalue weighted by Crippen LogP contribution is 2.42. The number of ether oxygens (including phenoxy) is 3. The van der Waals surface area contributed by atoms with Crippen molar-refractivity contribution in [2.45, 2.75) is 173 Å². The summed E-state index contributed by atoms with van der Waals surface area (Å²) in [5, 5.41) is 9.96. The molecule has 6 aliphatic heterocycles. The van der Waals surface area contributed by atoms with Crippen molar-refractivity contribution in [1.82, 2.24) is 44.9 Å². The Balaban J connectivity index is 0.000000299. The normalized spacial score (nSPS) is 16.3. The number of nitrogens with zero attached hydrogens (tertiary/aromatic N) is 8. The van der Waals surface area contributed by atoms with Crippen LogP contribution in [-0.4, -0.2) is 286 Å². The van der Waals surface area contributed by atoms with E-state index in [9.17, 15) is 28.8 Å². The first kappa shape index (κ1) is 118. The van der Waals surface area contributed by atoms with Crippen LogP contribution in [-0.2, 0) is 25.2 Å². The highest BCUT2D eigenvalue weighted by atomic mass is 127. The number of nitrogens with two attached hydrogens (primary N) is 2. The van der Waals surface area contributed by atoms with E-state index in [0.717, 1.165) is 247 Å². The molecule has 6 aromatic rings. The van der Waals surface area contributed by atoms with Crippen LogP contribution in [0.5, 0.6) is 11.5 Å². The van der Waals surface area contributed by atoms with E-state index in [1.54, 1.807) is 38.1 Å². The van der Waals surface area contributed by atoms with Crippen molar-refractivity contribution in [1.29, 1.82) is 0 Å². The third-order valence-electron chi connectivity index (χ3n) is 23.4. The van der Waals surface area contributed by atoms with Gasteiger partial charge in [0.15, 0.2) is 0 Å². The van der Waals surface area contributed by atoms with Gasteiger partial charge in [0.25, 0.3) is 11.8 Å². The fourth-order valence-electron chi connectivity index (χ4n) is 17.6. The number of carbonyl (C=O) groups excluding carboxylic acids is 6. The van der Waals surface area contributed by atoms with Crippen LogP contribution < -0.4 is 31.6 Å². The van der Waals surface area contributed by atoms with Gasteiger partial charge in [-0.2, -0.15) is 67.1 Å². The van der Waals surface area contributed by atoms with Gasteiger partial charge >= 0.3 is 11.9 Å². The van der Waals surface area contributed by atoms with E-state index in [0.29, 0.717) is 70.0 Å². The molecule has 4 fully saturated rings. The molecule has 0 bridgehead atoms. The summed E-state index contributed by atoms with van der Waals surface area (Å²) in [5.74, 6) is 2.79. The Bertz CT molecular complexity index is 4250. The van der Waals surface area contributed by atoms with Gasteiger partial charge in [0, 0.05) is 204 Å². The Hall–Kier alpha value is -3.52. The van der Waals surface area contributed by atoms with Gasteiger partial charge in [0.1, 0.15) is 23.1 Å². The molecule has 723 valence electrons. The number of hydrogen-bond acceptors (Lipinski definition) is 20. The summed E-state index contributed by atoms with van der Waals surface area (Å²) in [4.78, 5) is 97.1. The number of cyclic esters (lactones) is 2. The van der Waals surface area contributed by atoms with Gasteiger partial charge in [0.2, 0.25) is 14.6 Å². The molecule has 3 atom stereocenters. The number of benzene rings is 6. The monoisotopic (exact) mass is 2260 g/mol. The number of ketones is 2. The van der Waals surface area contributed by atoms with E-state index in [-0.39, 0.29) is 34.2 Å². The lowest BCUT2D eigenvalue weighted by Crippen LogP contribution is -2.50. The minimum absolute atomic E-state index is 0.124. The van der Waals surface area contributed by atoms with E-state index >= 15 is 0 Å². The van der Waals surface area contributed by atoms with E-state index in [2.05, 4.69) is 267 Å². The van der Waals surface area contributed by atoms with E-state index in [1.165, 1.54) is 53.6 Å². The molecule has 0 saturated carbocycles. The fourth-order valence-corrected chi connectivity index (χ4v) is 20.4. The smallest absolute Gasteiger partial charge is 0.346 e. The highest BCUT2D eigenvalue weighted by molar-refractivity contribution is 14.1. The Morgan fingerprint density at radius 2 is 0.786 bits per heavy atom. The zero-order chi connectivity index (χ0) is 96.5. The standard InChI is InChI=1S/C35H45BIN3O3P.C23H41BIN3OP.C12H25N3.C12H6O3.C6H15N3.2C6H12O.BBrHIP/c1-34(2,25-44-36-37)24-35(3,4)27-12-14-28(15-13-27)43-23-7-16-38-17-19-39(20-18-38)21-22-40-32(41)29-10-5-8-26-9-6-11-30(31(26)29)33(40)42;1-22(2,19-30-24-25)18-23(3,4)20-6-8-21(9-7-20)29-17-5-11-27-13-15-28(12-10-26)16-14-27;1-11(2)10-12(3)14-6-9-15-7-4-13-5-8-15;13-11-8-5-1-3-7-4-2-6-9(10(7)8)12(14)15-11;7-1-4-9-5-2-8-3-6-9;2*1-5(2)4-6(3)7;2-4-1-3/h5-6,8-15,44H,7,16-25H2,1-4H3;6-9,30H,5,10-19,26H2,1-4H3;11,13H,4-10H2,1-3H3;1-6H;8H,1-7H2;2*5H,4H2,1-3H3;4H. The average Bonchev–Trinajstić information content (AvgIpc) is 0.757. The molecule has 4 saturated heterocycles. The molecule has 6 aliphatic rings. The fraction of sp³-hybridized carbons (Fsp3) is 0.610. The Morgan fingerprint density at radius 3 is 1.11 bits per heavy atom. The number of carbonyl (C=O) groups is 6. The molecule has 131 heavy (non-hydrogen) atoms. The maximum atomic E-state index is 13.2. The summed E-state index contributed by atoms with van der Waals surface area (Å²) >= 11 is 10.1. The largest absolute Gasteiger partial charge is 0.494 e. The molecule has 3 radical (unpaired) electrons. The molecular formula is C100H157B3BrI3N12O9P3. The van der Waals surface area contributed by atoms with Crippen LogP contribution in [0.2, 0.25) is 0 Å². The van der Waals surface area contributed by atoms with Crippen LogP contribution >= 0.6 is 107 Å². The zero-order valence-electron chi connectivity index (χ0n) is 82.1. The zero-order valence-corrected chi connectivity index (χ0v) is 93.2. The maximum Gasteiger partial charge on any atom is 0.346 e. The number of hydrogen-bond donors (Lipinski definition) is 4. The second kappa shape index (κ2) is 63.9. The molecule has 0 aromatic heterocycles. The Kier molecular flexibility index (Phi) is 57.6. The lowest BCUT2D eigenvalue weighted by atomic mass is 9.72. The predicted molar refractivity (Wildman–Crippen MR) is 592 cm³/mol. The number of halogens is 4. The molecule has 2 amide bonds. The van der Waals surface area contributed by atoms with Crippen LogP contribution in [0.25, 0.3) is 21.5 Å². The summed E-state index contributed by atoms with van der Waals surface area (Å²) < 4.78 is 16.7. The lowest BCUT2D eigenvalue weighted by Gasteiger charge is -2.36. The van der Waals surface area contributed by atoms with Gasteiger partial charge in [-0.1, -0.05) is 192 Å². The van der Waals surface area contributed by atoms with E-state index < -0.39 is 11.9 Å². The molecule has 6 N–H and O–H groups in total. The van der Waals surface area contributed by atoms with E-state index in [1.807, 2.05) is 81.1 Å². The number of rotatable bonds is 39. The van der Waals surface area contributed by atoms with E-state index in [4.69, 9.17) is 20.9 Å². The molecule has 12 rings (SSSR count). The number of Topliss-reactive ketones (excluding diaryl/α,β-unsaturated/α-hetero) is 2. The third-order valence-corrected chi connectivity index (χ3v) is 32.9. The van der Waals surface area contributed by atoms with Gasteiger partial charge < -0.3 is 55.7 Å². The first-order valence-electron chi connectivity index (χ1n) is 47.3. The van der Waals surface area contributed by atoms with Crippen LogP contribution in [0.1, 0.15) is 215 Å². The number of esters is 2. The van der Waals surface area contributed by atoms with Crippen molar-refractivity contribution < 1.29 is 43.0 Å². The van der Waals surface area contributed by atoms with Crippen LogP contribution in [0.4, 0.5) is 0 Å². The first-order valence-corrected chi connectivity index (χ1v) is 56.9. The van der Waals surface area contributed by atoms with Gasteiger partial charge in [-0.05, 0) is 175 Å². The second-order valence-corrected chi connectivity index (χ2v) is 48.3. The molecule has 0 aliphatic carbocycles. The average molecular weight is 2260 g/mol. The molecular weight excluding hydrogens is 2100 g/mol. The van der Waals surface area contributed by atoms with Gasteiger partial charge in [-0.15, -0.1) is 16.9 Å². The van der Waals surface area contributed by atoms with Gasteiger partial charge in [0.05, 0.1) is 30.9 Å². The van der Waals surface area contributed by atoms with Crippen LogP contribution in [0, 0.1) is 28.6 Å². The van der Waals surface area contributed by atoms with Gasteiger partial charge in [-0.25, -0.2) is 9.59 Å². The minimum Gasteiger partial charge on any atom is -0.494 e. The summed E-state index contributed by atoms with van der Waals surface area (Å²) in [5.41, 5.74) is 18.3. The highest BCUT2D eigenvalue weighted by Gasteiger charge is 2.35. The number of nitrogens with one attached hydrogen (secondary N) is 2. The summed E-state index contributed by atoms with van der Waals surface area (Å²) in [6, 6.07) is 39.5. The SMILES string of the molecule is BrP[B]I.CC(=O)CC(C)C.CC(=O)CC(C)C.CC(C)(CP[B]I)CC(C)(C)c1ccc(OCCCN2CCN(CCN)CC2)cc1.CC(C)(CP[B]I)CC(C)(C)c1ccc(OCCCN2CCN(CCN3C(=O)c4cccc5cccc(c45)C3=O)CC2)cc1.CC(CC(C)C)=NCCN1CCNCC1.NCCN1CCNCC1.O=C1OC(=O)c2cccc3cccc1c23. The van der Waals surface area contributed by atoms with Crippen molar-refractivity contribution in [2.24, 2.45) is 45.0 Å². The molecule has 21 nitrogen and oxygen atoms in total. The summed E-state index contributed by atoms with van der Waals surface area (Å²) in [7, 11) is 2.66. The summed E-state index contributed by atoms with van der Waals surface area (Å²) in [6.07, 6.45) is 9.50. The minimum atomic E-state index is -0.565. The molecule has 0 spiro atoms. The quantitative estimate of drug-likeness (QED) is 0.00410.